The molecule has 0 aliphatic carbocycles. The Hall–Kier alpha value is -3.96. The van der Waals surface area contributed by atoms with Crippen LogP contribution in [-0.2, 0) is 14.3 Å². The predicted octanol–water partition coefficient (Wildman–Crippen LogP) is 5.74. The average molecular weight is 631 g/mol. The van der Waals surface area contributed by atoms with E-state index >= 15 is 0 Å². The Balaban J connectivity index is 1.38. The molecular formula is C33H35ClN6O3S. The van der Waals surface area contributed by atoms with Gasteiger partial charge in [0.05, 0.1) is 41.7 Å². The summed E-state index contributed by atoms with van der Waals surface area (Å²) in [5.41, 5.74) is 7.84. The van der Waals surface area contributed by atoms with Gasteiger partial charge in [-0.2, -0.15) is 0 Å². The van der Waals surface area contributed by atoms with Gasteiger partial charge >= 0.3 is 0 Å². The minimum Gasteiger partial charge on any atom is -0.378 e. The van der Waals surface area contributed by atoms with Gasteiger partial charge in [0.15, 0.2) is 5.11 Å². The van der Waals surface area contributed by atoms with E-state index < -0.39 is 0 Å². The second-order valence-corrected chi connectivity index (χ2v) is 11.7. The molecular weight excluding hydrogens is 596 g/mol. The van der Waals surface area contributed by atoms with Crippen molar-refractivity contribution in [2.75, 3.05) is 55.1 Å². The van der Waals surface area contributed by atoms with Crippen LogP contribution in [0, 0.1) is 13.8 Å². The van der Waals surface area contributed by atoms with E-state index in [1.165, 1.54) is 12.8 Å². The van der Waals surface area contributed by atoms with Gasteiger partial charge in [-0.15, -0.1) is 0 Å². The van der Waals surface area contributed by atoms with Gasteiger partial charge in [-0.05, 0) is 92.3 Å². The highest BCUT2D eigenvalue weighted by molar-refractivity contribution is 7.80. The number of anilines is 3. The number of morpholine rings is 1. The van der Waals surface area contributed by atoms with Crippen molar-refractivity contribution in [1.29, 1.82) is 0 Å². The summed E-state index contributed by atoms with van der Waals surface area (Å²) in [5, 5.41) is 7.30. The zero-order valence-corrected chi connectivity index (χ0v) is 26.5. The summed E-state index contributed by atoms with van der Waals surface area (Å²) in [6.45, 7) is 7.52. The lowest BCUT2D eigenvalue weighted by Gasteiger charge is -2.29. The fraction of sp³-hybridized carbons (Fsp3) is 0.303. The van der Waals surface area contributed by atoms with Crippen LogP contribution in [-0.4, -0.2) is 60.6 Å². The number of carbonyl (C=O) groups excluding carboxylic acids is 1. The van der Waals surface area contributed by atoms with Gasteiger partial charge in [-0.3, -0.25) is 9.78 Å². The summed E-state index contributed by atoms with van der Waals surface area (Å²) in [5.74, 6) is -0.279. The summed E-state index contributed by atoms with van der Waals surface area (Å²) < 4.78 is 12.7. The van der Waals surface area contributed by atoms with Crippen LogP contribution in [0.1, 0.15) is 34.7 Å². The molecule has 6 rings (SSSR count). The molecule has 2 aromatic carbocycles. The number of rotatable bonds is 8. The summed E-state index contributed by atoms with van der Waals surface area (Å²) in [7, 11) is 1.47. The third-order valence-corrected chi connectivity index (χ3v) is 8.78. The van der Waals surface area contributed by atoms with Gasteiger partial charge in [0.25, 0.3) is 0 Å². The second-order valence-electron chi connectivity index (χ2n) is 10.9. The Bertz CT molecular complexity index is 1660. The van der Waals surface area contributed by atoms with Crippen molar-refractivity contribution in [2.24, 2.45) is 0 Å². The number of benzene rings is 2. The number of hydrogen-bond donors (Lipinski definition) is 2. The van der Waals surface area contributed by atoms with Crippen molar-refractivity contribution < 1.29 is 14.3 Å². The lowest BCUT2D eigenvalue weighted by Crippen LogP contribution is -2.36. The molecule has 2 fully saturated rings. The van der Waals surface area contributed by atoms with Crippen LogP contribution in [0.3, 0.4) is 0 Å². The summed E-state index contributed by atoms with van der Waals surface area (Å²) in [4.78, 5) is 21.3. The van der Waals surface area contributed by atoms with Crippen molar-refractivity contribution >= 4 is 51.9 Å². The van der Waals surface area contributed by atoms with E-state index in [0.29, 0.717) is 15.8 Å². The quantitative estimate of drug-likeness (QED) is 0.239. The van der Waals surface area contributed by atoms with Crippen LogP contribution in [0.25, 0.3) is 5.69 Å². The Labute approximate surface area is 267 Å². The molecule has 11 heteroatoms. The van der Waals surface area contributed by atoms with E-state index in [-0.39, 0.29) is 24.6 Å². The first kappa shape index (κ1) is 30.1. The number of hydrogen-bond acceptors (Lipinski definition) is 6. The molecule has 4 aromatic rings. The van der Waals surface area contributed by atoms with Gasteiger partial charge in [-0.1, -0.05) is 17.7 Å². The van der Waals surface area contributed by atoms with Crippen molar-refractivity contribution in [3.05, 3.63) is 101 Å². The van der Waals surface area contributed by atoms with E-state index in [1.54, 1.807) is 12.3 Å². The number of nitrogens with one attached hydrogen (secondary N) is 2. The molecule has 0 bridgehead atoms. The molecule has 1 amide bonds. The highest BCUT2D eigenvalue weighted by Crippen LogP contribution is 2.44. The standard InChI is InChI=1S/C33H35ClN6O3S/c1-21-18-26(22(2)39(21)24-9-7-23(8-10-24)38-14-16-43-17-15-38)32-31(29-6-4-5-13-35-29)37-33(44)40(32)25-11-12-28(27(34)19-25)36-30(41)20-42-3/h4-13,18-19,31-32H,14-17,20H2,1-3H3,(H,36,41)(H,37,44)/t31-,32+/m0/s1. The molecule has 2 aliphatic heterocycles. The van der Waals surface area contributed by atoms with Gasteiger partial charge in [0, 0.05) is 54.8 Å². The normalized spacial score (nSPS) is 18.4. The average Bonchev–Trinajstić information content (AvgIpc) is 3.53. The Morgan fingerprint density at radius 1 is 1.07 bits per heavy atom. The number of pyridine rings is 1. The highest BCUT2D eigenvalue weighted by atomic mass is 35.5. The molecule has 0 saturated carbocycles. The van der Waals surface area contributed by atoms with Crippen molar-refractivity contribution in [3.63, 3.8) is 0 Å². The summed E-state index contributed by atoms with van der Waals surface area (Å²) in [6, 6.07) is 22.0. The molecule has 2 aliphatic rings. The Morgan fingerprint density at radius 2 is 1.80 bits per heavy atom. The summed E-state index contributed by atoms with van der Waals surface area (Å²) in [6.07, 6.45) is 1.80. The van der Waals surface area contributed by atoms with E-state index in [9.17, 15) is 4.79 Å². The number of aromatic nitrogens is 2. The van der Waals surface area contributed by atoms with Crippen LogP contribution < -0.4 is 20.4 Å². The van der Waals surface area contributed by atoms with Crippen molar-refractivity contribution in [1.82, 2.24) is 14.9 Å². The maximum Gasteiger partial charge on any atom is 0.250 e. The van der Waals surface area contributed by atoms with Crippen LogP contribution in [0.15, 0.2) is 72.9 Å². The monoisotopic (exact) mass is 630 g/mol. The molecule has 0 unspecified atom stereocenters. The maximum absolute atomic E-state index is 12.1. The van der Waals surface area contributed by atoms with Crippen LogP contribution in [0.4, 0.5) is 17.1 Å². The molecule has 4 heterocycles. The fourth-order valence-electron chi connectivity index (χ4n) is 6.14. The smallest absolute Gasteiger partial charge is 0.250 e. The predicted molar refractivity (Wildman–Crippen MR) is 178 cm³/mol. The van der Waals surface area contributed by atoms with Gasteiger partial charge < -0.3 is 34.5 Å². The number of thiocarbonyl (C=S) groups is 1. The Morgan fingerprint density at radius 3 is 2.48 bits per heavy atom. The third-order valence-electron chi connectivity index (χ3n) is 8.15. The van der Waals surface area contributed by atoms with Gasteiger partial charge in [0.1, 0.15) is 6.61 Å². The first-order valence-electron chi connectivity index (χ1n) is 14.6. The molecule has 9 nitrogen and oxygen atoms in total. The molecule has 0 radical (unpaired) electrons. The molecule has 2 aromatic heterocycles. The molecule has 0 spiro atoms. The van der Waals surface area contributed by atoms with E-state index in [0.717, 1.165) is 60.3 Å². The fourth-order valence-corrected chi connectivity index (χ4v) is 6.71. The largest absolute Gasteiger partial charge is 0.378 e. The number of aryl methyl sites for hydroxylation is 1. The molecule has 2 saturated heterocycles. The van der Waals surface area contributed by atoms with Gasteiger partial charge in [-0.25, -0.2) is 0 Å². The number of carbonyl (C=O) groups is 1. The second kappa shape index (κ2) is 13.0. The number of nitrogens with zero attached hydrogens (tertiary/aromatic N) is 4. The van der Waals surface area contributed by atoms with Crippen LogP contribution in [0.2, 0.25) is 5.02 Å². The topological polar surface area (TPSA) is 83.9 Å². The number of ether oxygens (including phenoxy) is 2. The molecule has 228 valence electrons. The third kappa shape index (κ3) is 5.90. The van der Waals surface area contributed by atoms with Gasteiger partial charge in [0.2, 0.25) is 5.91 Å². The zero-order chi connectivity index (χ0) is 30.8. The Kier molecular flexibility index (Phi) is 8.86. The number of methoxy groups -OCH3 is 1. The maximum atomic E-state index is 12.1. The summed E-state index contributed by atoms with van der Waals surface area (Å²) >= 11 is 12.6. The lowest BCUT2D eigenvalue weighted by molar-refractivity contribution is -0.119. The minimum atomic E-state index is -0.279. The number of amides is 1. The number of halogens is 1. The zero-order valence-electron chi connectivity index (χ0n) is 24.9. The molecule has 2 N–H and O–H groups in total. The molecule has 44 heavy (non-hydrogen) atoms. The van der Waals surface area contributed by atoms with E-state index in [2.05, 4.69) is 69.2 Å². The first-order chi connectivity index (χ1) is 21.4. The lowest BCUT2D eigenvalue weighted by atomic mass is 9.96. The van der Waals surface area contributed by atoms with E-state index in [1.807, 2.05) is 30.3 Å². The van der Waals surface area contributed by atoms with Crippen LogP contribution in [0.5, 0.6) is 0 Å². The SMILES string of the molecule is COCC(=O)Nc1ccc(N2C(=S)N[C@@H](c3ccccn3)[C@H]2c2cc(C)n(-c3ccc(N4CCOCC4)cc3)c2C)cc1Cl. The highest BCUT2D eigenvalue weighted by Gasteiger charge is 2.42. The first-order valence-corrected chi connectivity index (χ1v) is 15.4. The van der Waals surface area contributed by atoms with Crippen LogP contribution >= 0.6 is 23.8 Å². The van der Waals surface area contributed by atoms with Crippen molar-refractivity contribution in [2.45, 2.75) is 25.9 Å². The van der Waals surface area contributed by atoms with E-state index in [4.69, 9.17) is 38.3 Å². The van der Waals surface area contributed by atoms with Crippen molar-refractivity contribution in [3.8, 4) is 5.69 Å². The molecule has 2 atom stereocenters. The minimum absolute atomic E-state index is 0.0579.